The summed E-state index contributed by atoms with van der Waals surface area (Å²) < 4.78 is 7.21. The molecule has 4 aromatic rings. The lowest BCUT2D eigenvalue weighted by Gasteiger charge is -2.12. The maximum absolute atomic E-state index is 13.4. The van der Waals surface area contributed by atoms with Crippen molar-refractivity contribution in [3.05, 3.63) is 106 Å². The first-order valence-corrected chi connectivity index (χ1v) is 13.5. The highest BCUT2D eigenvalue weighted by atomic mass is 32.2. The first kappa shape index (κ1) is 26.0. The number of amidine groups is 1. The van der Waals surface area contributed by atoms with Gasteiger partial charge in [-0.1, -0.05) is 42.5 Å². The molecule has 0 saturated carbocycles. The molecule has 2 heterocycles. The maximum Gasteiger partial charge on any atom is 0.338 e. The average molecular weight is 535 g/mol. The number of para-hydroxylation sites is 1. The summed E-state index contributed by atoms with van der Waals surface area (Å²) in [4.78, 5) is 32.4. The number of aromatic nitrogens is 1. The molecule has 39 heavy (non-hydrogen) atoms. The van der Waals surface area contributed by atoms with Crippen molar-refractivity contribution in [3.63, 3.8) is 0 Å². The van der Waals surface area contributed by atoms with E-state index in [2.05, 4.69) is 10.6 Å². The molecule has 1 aromatic heterocycles. The Balaban J connectivity index is 1.49. The monoisotopic (exact) mass is 534 g/mol. The zero-order chi connectivity index (χ0) is 27.4. The van der Waals surface area contributed by atoms with E-state index in [-0.39, 0.29) is 5.91 Å². The summed E-state index contributed by atoms with van der Waals surface area (Å²) in [6, 6.07) is 24.8. The minimum Gasteiger partial charge on any atom is -0.462 e. The highest BCUT2D eigenvalue weighted by molar-refractivity contribution is 8.18. The van der Waals surface area contributed by atoms with E-state index in [9.17, 15) is 14.9 Å². The Bertz CT molecular complexity index is 1680. The highest BCUT2D eigenvalue weighted by Gasteiger charge is 2.32. The Morgan fingerprint density at radius 3 is 2.67 bits per heavy atom. The van der Waals surface area contributed by atoms with Gasteiger partial charge in [0.2, 0.25) is 0 Å². The second kappa shape index (κ2) is 11.4. The van der Waals surface area contributed by atoms with Crippen molar-refractivity contribution in [2.45, 2.75) is 20.4 Å². The van der Waals surface area contributed by atoms with Crippen molar-refractivity contribution in [3.8, 4) is 6.07 Å². The SMILES string of the molecule is CCOC(=O)c1cccc(N=C2SC(=Cc3cn(Cc4ccccc4C#N)c4ccccc34)C(=O)N2CC)c1. The van der Waals surface area contributed by atoms with E-state index in [4.69, 9.17) is 9.73 Å². The van der Waals surface area contributed by atoms with Crippen LogP contribution in [0.25, 0.3) is 17.0 Å². The van der Waals surface area contributed by atoms with Gasteiger partial charge in [-0.25, -0.2) is 9.79 Å². The third-order valence-corrected chi connectivity index (χ3v) is 7.38. The first-order chi connectivity index (χ1) is 19.0. The molecule has 0 unspecified atom stereocenters. The smallest absolute Gasteiger partial charge is 0.338 e. The molecule has 5 rings (SSSR count). The number of hydrogen-bond acceptors (Lipinski definition) is 6. The van der Waals surface area contributed by atoms with Crippen LogP contribution in [-0.2, 0) is 16.1 Å². The molecule has 0 spiro atoms. The number of rotatable bonds is 7. The van der Waals surface area contributed by atoms with E-state index in [0.717, 1.165) is 22.0 Å². The fraction of sp³-hybridized carbons (Fsp3) is 0.161. The van der Waals surface area contributed by atoms with E-state index in [0.29, 0.717) is 46.6 Å². The van der Waals surface area contributed by atoms with Crippen LogP contribution in [0.3, 0.4) is 0 Å². The molecule has 1 saturated heterocycles. The first-order valence-electron chi connectivity index (χ1n) is 12.7. The van der Waals surface area contributed by atoms with Crippen molar-refractivity contribution in [1.29, 1.82) is 5.26 Å². The van der Waals surface area contributed by atoms with Gasteiger partial charge in [0.15, 0.2) is 5.17 Å². The van der Waals surface area contributed by atoms with Crippen molar-refractivity contribution in [2.24, 2.45) is 4.99 Å². The molecule has 3 aromatic carbocycles. The van der Waals surface area contributed by atoms with E-state index in [1.807, 2.05) is 67.7 Å². The number of likely N-dealkylation sites (N-methyl/N-ethyl adjacent to an activating group) is 1. The van der Waals surface area contributed by atoms with Gasteiger partial charge in [-0.2, -0.15) is 5.26 Å². The average Bonchev–Trinajstić information content (AvgIpc) is 3.45. The van der Waals surface area contributed by atoms with Crippen LogP contribution in [0.1, 0.15) is 40.9 Å². The van der Waals surface area contributed by atoms with Crippen molar-refractivity contribution in [1.82, 2.24) is 9.47 Å². The van der Waals surface area contributed by atoms with Crippen LogP contribution < -0.4 is 0 Å². The van der Waals surface area contributed by atoms with Crippen molar-refractivity contribution < 1.29 is 14.3 Å². The van der Waals surface area contributed by atoms with E-state index >= 15 is 0 Å². The number of carbonyl (C=O) groups is 2. The zero-order valence-corrected chi connectivity index (χ0v) is 22.4. The number of amides is 1. The number of thioether (sulfide) groups is 1. The molecular formula is C31H26N4O3S. The van der Waals surface area contributed by atoms with Gasteiger partial charge in [0, 0.05) is 35.8 Å². The molecule has 1 fully saturated rings. The fourth-order valence-electron chi connectivity index (χ4n) is 4.51. The normalized spacial score (nSPS) is 15.3. The molecule has 7 nitrogen and oxygen atoms in total. The van der Waals surface area contributed by atoms with Crippen LogP contribution in [-0.4, -0.2) is 39.7 Å². The van der Waals surface area contributed by atoms with Gasteiger partial charge in [0.25, 0.3) is 5.91 Å². The Hall–Kier alpha value is -4.61. The van der Waals surface area contributed by atoms with Crippen molar-refractivity contribution in [2.75, 3.05) is 13.2 Å². The van der Waals surface area contributed by atoms with Gasteiger partial charge in [0.05, 0.1) is 34.4 Å². The zero-order valence-electron chi connectivity index (χ0n) is 21.6. The molecule has 194 valence electrons. The lowest BCUT2D eigenvalue weighted by molar-refractivity contribution is -0.122. The molecule has 0 atom stereocenters. The summed E-state index contributed by atoms with van der Waals surface area (Å²) >= 11 is 1.31. The van der Waals surface area contributed by atoms with Gasteiger partial charge in [-0.3, -0.25) is 9.69 Å². The maximum atomic E-state index is 13.4. The van der Waals surface area contributed by atoms with Crippen molar-refractivity contribution >= 4 is 51.5 Å². The number of nitriles is 1. The van der Waals surface area contributed by atoms with Gasteiger partial charge in [-0.15, -0.1) is 0 Å². The van der Waals surface area contributed by atoms with Gasteiger partial charge in [-0.05, 0) is 67.6 Å². The quantitative estimate of drug-likeness (QED) is 0.203. The molecule has 1 aliphatic heterocycles. The molecule has 0 N–H and O–H groups in total. The standard InChI is InChI=1S/C31H26N4O3S/c1-3-35-29(36)28(39-31(35)33-25-13-9-12-21(16-25)30(37)38-4-2)17-24-20-34(27-15-8-7-14-26(24)27)19-23-11-6-5-10-22(23)18-32/h5-17,20H,3-4,19H2,1-2H3. The number of esters is 1. The molecular weight excluding hydrogens is 508 g/mol. The molecule has 0 aliphatic carbocycles. The van der Waals surface area contributed by atoms with Crippen LogP contribution in [0.2, 0.25) is 0 Å². The highest BCUT2D eigenvalue weighted by Crippen LogP contribution is 2.36. The molecule has 0 radical (unpaired) electrons. The Morgan fingerprint density at radius 1 is 1.08 bits per heavy atom. The summed E-state index contributed by atoms with van der Waals surface area (Å²) in [6.45, 7) is 4.97. The Morgan fingerprint density at radius 2 is 1.87 bits per heavy atom. The number of fused-ring (bicyclic) bond motifs is 1. The van der Waals surface area contributed by atoms with Crippen LogP contribution >= 0.6 is 11.8 Å². The Kier molecular flexibility index (Phi) is 7.62. The van der Waals surface area contributed by atoms with Crippen LogP contribution in [0.15, 0.2) is 88.9 Å². The fourth-order valence-corrected chi connectivity index (χ4v) is 5.56. The summed E-state index contributed by atoms with van der Waals surface area (Å²) in [5.41, 5.74) is 4.49. The third-order valence-electron chi connectivity index (χ3n) is 6.37. The van der Waals surface area contributed by atoms with Gasteiger partial charge < -0.3 is 9.30 Å². The van der Waals surface area contributed by atoms with Gasteiger partial charge in [0.1, 0.15) is 0 Å². The lowest BCUT2D eigenvalue weighted by atomic mass is 10.1. The predicted molar refractivity (Wildman–Crippen MR) is 155 cm³/mol. The topological polar surface area (TPSA) is 87.7 Å². The summed E-state index contributed by atoms with van der Waals surface area (Å²) in [7, 11) is 0. The van der Waals surface area contributed by atoms with Gasteiger partial charge >= 0.3 is 5.97 Å². The second-order valence-electron chi connectivity index (χ2n) is 8.82. The summed E-state index contributed by atoms with van der Waals surface area (Å²) in [5.74, 6) is -0.522. The summed E-state index contributed by atoms with van der Waals surface area (Å²) in [5, 5.41) is 11.1. The number of carbonyl (C=O) groups excluding carboxylic acids is 2. The Labute approximate surface area is 231 Å². The minimum absolute atomic E-state index is 0.116. The molecule has 1 aliphatic rings. The lowest BCUT2D eigenvalue weighted by Crippen LogP contribution is -2.28. The summed E-state index contributed by atoms with van der Waals surface area (Å²) in [6.07, 6.45) is 3.93. The van der Waals surface area contributed by atoms with E-state index in [1.54, 1.807) is 36.1 Å². The second-order valence-corrected chi connectivity index (χ2v) is 9.83. The number of ether oxygens (including phenoxy) is 1. The minimum atomic E-state index is -0.406. The van der Waals surface area contributed by atoms with Crippen LogP contribution in [0.4, 0.5) is 5.69 Å². The molecule has 8 heteroatoms. The van der Waals surface area contributed by atoms with E-state index in [1.165, 1.54) is 11.8 Å². The largest absolute Gasteiger partial charge is 0.462 e. The van der Waals surface area contributed by atoms with Crippen LogP contribution in [0.5, 0.6) is 0 Å². The molecule has 0 bridgehead atoms. The van der Waals surface area contributed by atoms with E-state index < -0.39 is 5.97 Å². The third kappa shape index (κ3) is 5.35. The number of aliphatic imine (C=N–C) groups is 1. The number of hydrogen-bond donors (Lipinski definition) is 0. The predicted octanol–water partition coefficient (Wildman–Crippen LogP) is 6.36. The number of benzene rings is 3. The molecule has 1 amide bonds. The van der Waals surface area contributed by atoms with Crippen LogP contribution in [0, 0.1) is 11.3 Å². The number of nitrogens with zero attached hydrogens (tertiary/aromatic N) is 4.